The van der Waals surface area contributed by atoms with Crippen LogP contribution < -0.4 is 5.56 Å². The number of carbonyl (C=O) groups is 1. The van der Waals surface area contributed by atoms with E-state index in [2.05, 4.69) is 9.55 Å². The fourth-order valence-corrected chi connectivity index (χ4v) is 4.74. The van der Waals surface area contributed by atoms with Crippen molar-refractivity contribution in [2.24, 2.45) is 0 Å². The van der Waals surface area contributed by atoms with Crippen molar-refractivity contribution >= 4 is 28.4 Å². The summed E-state index contributed by atoms with van der Waals surface area (Å²) in [6.07, 6.45) is 0. The minimum absolute atomic E-state index is 0.0511. The number of carbonyl (C=O) groups excluding carboxylic acids is 1. The maximum Gasteiger partial charge on any atom is 0.266 e. The number of hydrogen-bond acceptors (Lipinski definition) is 5. The Morgan fingerprint density at radius 3 is 2.58 bits per heavy atom. The van der Waals surface area contributed by atoms with Crippen LogP contribution in [-0.2, 0) is 11.3 Å². The zero-order chi connectivity index (χ0) is 23.5. The number of aromatic nitrogens is 3. The molecule has 0 fully saturated rings. The third-order valence-electron chi connectivity index (χ3n) is 5.56. The van der Waals surface area contributed by atoms with Crippen LogP contribution in [0.1, 0.15) is 21.7 Å². The van der Waals surface area contributed by atoms with Gasteiger partial charge in [-0.1, -0.05) is 23.9 Å². The Kier molecular flexibility index (Phi) is 6.76. The van der Waals surface area contributed by atoms with Gasteiger partial charge >= 0.3 is 0 Å². The van der Waals surface area contributed by atoms with Gasteiger partial charge in [0.1, 0.15) is 5.82 Å². The number of Topliss-reactive ketones (excluding diaryl/α,β-unsaturated/α-hetero) is 1. The van der Waals surface area contributed by atoms with E-state index in [9.17, 15) is 14.0 Å². The number of thioether (sulfide) groups is 1. The van der Waals surface area contributed by atoms with Crippen molar-refractivity contribution in [1.29, 1.82) is 0 Å². The van der Waals surface area contributed by atoms with Crippen LogP contribution in [0, 0.1) is 19.7 Å². The van der Waals surface area contributed by atoms with E-state index in [1.54, 1.807) is 25.3 Å². The first-order chi connectivity index (χ1) is 15.9. The molecular formula is C25H24FN3O3S. The topological polar surface area (TPSA) is 66.1 Å². The molecule has 0 saturated heterocycles. The van der Waals surface area contributed by atoms with Crippen LogP contribution in [-0.4, -0.2) is 39.4 Å². The Morgan fingerprint density at radius 2 is 1.85 bits per heavy atom. The van der Waals surface area contributed by atoms with Gasteiger partial charge in [0.05, 0.1) is 29.0 Å². The molecule has 4 aromatic rings. The molecule has 33 heavy (non-hydrogen) atoms. The minimum Gasteiger partial charge on any atom is -0.383 e. The molecule has 0 aliphatic heterocycles. The van der Waals surface area contributed by atoms with Crippen LogP contribution in [0.2, 0.25) is 0 Å². The number of ether oxygens (including phenoxy) is 1. The predicted molar refractivity (Wildman–Crippen MR) is 128 cm³/mol. The summed E-state index contributed by atoms with van der Waals surface area (Å²) in [6, 6.07) is 14.6. The number of fused-ring (bicyclic) bond motifs is 1. The first-order valence-electron chi connectivity index (χ1n) is 10.5. The van der Waals surface area contributed by atoms with Crippen molar-refractivity contribution < 1.29 is 13.9 Å². The Labute approximate surface area is 195 Å². The lowest BCUT2D eigenvalue weighted by Crippen LogP contribution is -2.22. The monoisotopic (exact) mass is 465 g/mol. The molecule has 0 radical (unpaired) electrons. The zero-order valence-corrected chi connectivity index (χ0v) is 19.5. The van der Waals surface area contributed by atoms with Crippen molar-refractivity contribution in [2.45, 2.75) is 25.5 Å². The van der Waals surface area contributed by atoms with Gasteiger partial charge in [0, 0.05) is 30.6 Å². The molecule has 8 heteroatoms. The van der Waals surface area contributed by atoms with E-state index in [0.717, 1.165) is 11.4 Å². The van der Waals surface area contributed by atoms with E-state index in [1.807, 2.05) is 26.0 Å². The summed E-state index contributed by atoms with van der Waals surface area (Å²) in [5, 5.41) is 0.839. The molecule has 0 saturated carbocycles. The molecule has 0 amide bonds. The summed E-state index contributed by atoms with van der Waals surface area (Å²) in [5.41, 5.74) is 3.30. The molecule has 2 aromatic carbocycles. The maximum atomic E-state index is 13.5. The summed E-state index contributed by atoms with van der Waals surface area (Å²) in [6.45, 7) is 5.11. The van der Waals surface area contributed by atoms with Gasteiger partial charge in [-0.05, 0) is 56.3 Å². The van der Waals surface area contributed by atoms with Gasteiger partial charge in [0.25, 0.3) is 5.56 Å². The van der Waals surface area contributed by atoms with Gasteiger partial charge < -0.3 is 9.30 Å². The average molecular weight is 466 g/mol. The molecule has 0 atom stereocenters. The molecular weight excluding hydrogens is 441 g/mol. The molecule has 0 spiro atoms. The summed E-state index contributed by atoms with van der Waals surface area (Å²) in [4.78, 5) is 31.0. The minimum atomic E-state index is -0.395. The van der Waals surface area contributed by atoms with Crippen molar-refractivity contribution in [3.8, 4) is 5.69 Å². The highest BCUT2D eigenvalue weighted by molar-refractivity contribution is 7.99. The van der Waals surface area contributed by atoms with Crippen molar-refractivity contribution in [1.82, 2.24) is 14.1 Å². The molecule has 0 unspecified atom stereocenters. The second kappa shape index (κ2) is 9.72. The van der Waals surface area contributed by atoms with E-state index in [1.165, 1.54) is 40.6 Å². The lowest BCUT2D eigenvalue weighted by atomic mass is 10.2. The number of para-hydroxylation sites is 1. The van der Waals surface area contributed by atoms with Gasteiger partial charge in [-0.25, -0.2) is 9.37 Å². The standard InChI is InChI=1S/C25H24FN3O3S/c1-16-14-21(17(2)28(16)12-13-32-3)23(30)15-33-25-27-22-7-5-4-6-20(22)24(31)29(25)19-10-8-18(26)9-11-19/h4-11,14H,12-13,15H2,1-3H3. The molecule has 170 valence electrons. The van der Waals surface area contributed by atoms with Crippen LogP contribution in [0.3, 0.4) is 0 Å². The normalized spacial score (nSPS) is 11.3. The Morgan fingerprint density at radius 1 is 1.12 bits per heavy atom. The number of ketones is 1. The number of nitrogens with zero attached hydrogens (tertiary/aromatic N) is 3. The summed E-state index contributed by atoms with van der Waals surface area (Å²) >= 11 is 1.19. The van der Waals surface area contributed by atoms with Gasteiger partial charge in [0.2, 0.25) is 0 Å². The van der Waals surface area contributed by atoms with E-state index < -0.39 is 5.82 Å². The fraction of sp³-hybridized carbons (Fsp3) is 0.240. The van der Waals surface area contributed by atoms with Gasteiger partial charge in [-0.15, -0.1) is 0 Å². The van der Waals surface area contributed by atoms with Crippen molar-refractivity contribution in [2.75, 3.05) is 19.5 Å². The maximum absolute atomic E-state index is 13.5. The Bertz CT molecular complexity index is 1380. The first kappa shape index (κ1) is 22.9. The van der Waals surface area contributed by atoms with E-state index in [0.29, 0.717) is 40.5 Å². The predicted octanol–water partition coefficient (Wildman–Crippen LogP) is 4.56. The number of methoxy groups -OCH3 is 1. The molecule has 0 aliphatic carbocycles. The quantitative estimate of drug-likeness (QED) is 0.217. The lowest BCUT2D eigenvalue weighted by molar-refractivity contribution is 0.102. The average Bonchev–Trinajstić information content (AvgIpc) is 3.10. The molecule has 0 bridgehead atoms. The van der Waals surface area contributed by atoms with Crippen LogP contribution in [0.15, 0.2) is 64.5 Å². The van der Waals surface area contributed by atoms with E-state index >= 15 is 0 Å². The summed E-state index contributed by atoms with van der Waals surface area (Å²) < 4.78 is 22.1. The Hall–Kier alpha value is -3.23. The van der Waals surface area contributed by atoms with Gasteiger partial charge in [0.15, 0.2) is 10.9 Å². The van der Waals surface area contributed by atoms with E-state index in [-0.39, 0.29) is 17.1 Å². The fourth-order valence-electron chi connectivity index (χ4n) is 3.84. The van der Waals surface area contributed by atoms with Crippen LogP contribution >= 0.6 is 11.8 Å². The van der Waals surface area contributed by atoms with Crippen molar-refractivity contribution in [3.05, 3.63) is 87.7 Å². The third kappa shape index (κ3) is 4.62. The number of hydrogen-bond donors (Lipinski definition) is 0. The molecule has 4 rings (SSSR count). The smallest absolute Gasteiger partial charge is 0.266 e. The Balaban J connectivity index is 1.69. The molecule has 0 aliphatic rings. The molecule has 0 N–H and O–H groups in total. The second-order valence-electron chi connectivity index (χ2n) is 7.67. The highest BCUT2D eigenvalue weighted by Crippen LogP contribution is 2.24. The summed E-state index contributed by atoms with van der Waals surface area (Å²) in [7, 11) is 1.65. The lowest BCUT2D eigenvalue weighted by Gasteiger charge is -2.13. The number of rotatable bonds is 8. The van der Waals surface area contributed by atoms with Crippen molar-refractivity contribution in [3.63, 3.8) is 0 Å². The van der Waals surface area contributed by atoms with Gasteiger partial charge in [-0.2, -0.15) is 0 Å². The number of halogens is 1. The van der Waals surface area contributed by atoms with Crippen LogP contribution in [0.5, 0.6) is 0 Å². The highest BCUT2D eigenvalue weighted by Gasteiger charge is 2.19. The largest absolute Gasteiger partial charge is 0.383 e. The zero-order valence-electron chi connectivity index (χ0n) is 18.7. The van der Waals surface area contributed by atoms with Gasteiger partial charge in [-0.3, -0.25) is 14.2 Å². The summed E-state index contributed by atoms with van der Waals surface area (Å²) in [5.74, 6) is -0.334. The third-order valence-corrected chi connectivity index (χ3v) is 6.49. The number of aryl methyl sites for hydroxylation is 1. The van der Waals surface area contributed by atoms with Crippen LogP contribution in [0.4, 0.5) is 4.39 Å². The van der Waals surface area contributed by atoms with E-state index in [4.69, 9.17) is 4.74 Å². The molecule has 6 nitrogen and oxygen atoms in total. The number of benzene rings is 2. The molecule has 2 aromatic heterocycles. The first-order valence-corrected chi connectivity index (χ1v) is 11.5. The highest BCUT2D eigenvalue weighted by atomic mass is 32.2. The SMILES string of the molecule is COCCn1c(C)cc(C(=O)CSc2nc3ccccc3c(=O)n2-c2ccc(F)cc2)c1C. The second-order valence-corrected chi connectivity index (χ2v) is 8.61. The van der Waals surface area contributed by atoms with Crippen LogP contribution in [0.25, 0.3) is 16.6 Å². The molecule has 2 heterocycles.